The molecular formula is C21H16F2N4O6. The summed E-state index contributed by atoms with van der Waals surface area (Å²) in [5.74, 6) is -1.21. The van der Waals surface area contributed by atoms with Crippen LogP contribution in [0.5, 0.6) is 5.88 Å². The summed E-state index contributed by atoms with van der Waals surface area (Å²) in [5.41, 5.74) is -0.122. The third kappa shape index (κ3) is 4.02. The predicted molar refractivity (Wildman–Crippen MR) is 108 cm³/mol. The molecule has 0 bridgehead atoms. The van der Waals surface area contributed by atoms with Crippen LogP contribution in [0.1, 0.15) is 0 Å². The molecule has 2 aliphatic heterocycles. The minimum absolute atomic E-state index is 0.000397. The fraction of sp³-hybridized carbons (Fsp3) is 0.238. The lowest BCUT2D eigenvalue weighted by Gasteiger charge is -2.16. The van der Waals surface area contributed by atoms with Gasteiger partial charge in [-0.2, -0.15) is 0 Å². The maximum absolute atomic E-state index is 14.9. The topological polar surface area (TPSA) is 107 Å². The molecule has 2 fully saturated rings. The smallest absolute Gasteiger partial charge is 0.415 e. The van der Waals surface area contributed by atoms with Crippen LogP contribution in [0.2, 0.25) is 0 Å². The number of cyclic esters (lactones) is 2. The van der Waals surface area contributed by atoms with Gasteiger partial charge in [-0.05, 0) is 29.4 Å². The van der Waals surface area contributed by atoms with Crippen LogP contribution in [0.3, 0.4) is 0 Å². The Balaban J connectivity index is 1.32. The van der Waals surface area contributed by atoms with Gasteiger partial charge in [-0.25, -0.2) is 23.4 Å². The van der Waals surface area contributed by atoms with Crippen LogP contribution in [0, 0.1) is 11.6 Å². The zero-order valence-corrected chi connectivity index (χ0v) is 16.9. The second kappa shape index (κ2) is 8.37. The predicted octanol–water partition coefficient (Wildman–Crippen LogP) is 3.38. The van der Waals surface area contributed by atoms with E-state index in [-0.39, 0.29) is 42.5 Å². The fourth-order valence-electron chi connectivity index (χ4n) is 3.56. The second-order valence-electron chi connectivity index (χ2n) is 7.22. The average molecular weight is 458 g/mol. The first kappa shape index (κ1) is 20.7. The summed E-state index contributed by atoms with van der Waals surface area (Å²) in [6.07, 6.45) is 0.662. The molecule has 0 saturated carbocycles. The van der Waals surface area contributed by atoms with Gasteiger partial charge in [-0.1, -0.05) is 0 Å². The number of hydrogen-bond donors (Lipinski definition) is 0. The third-order valence-corrected chi connectivity index (χ3v) is 5.12. The molecule has 1 aromatic carbocycles. The van der Waals surface area contributed by atoms with Crippen LogP contribution < -0.4 is 14.5 Å². The van der Waals surface area contributed by atoms with Crippen molar-refractivity contribution in [2.24, 2.45) is 0 Å². The van der Waals surface area contributed by atoms with Crippen molar-refractivity contribution in [1.29, 1.82) is 0 Å². The number of carbonyl (C=O) groups excluding carboxylic acids is 2. The van der Waals surface area contributed by atoms with E-state index in [0.717, 1.165) is 17.0 Å². The number of nitrogens with zero attached hydrogens (tertiary/aromatic N) is 4. The molecule has 4 heterocycles. The molecule has 2 aliphatic rings. The standard InChI is InChI=1S/C21H16F2N4O6/c22-15-7-13(27-10-14(33-21(27)29)11-31-18-3-5-32-25-18)8-16(23)19(15)12-1-2-17(24-9-12)26-4-6-30-20(26)28/h1-3,5,7-9,14H,4,6,10-11H2. The summed E-state index contributed by atoms with van der Waals surface area (Å²) < 4.78 is 49.8. The lowest BCUT2D eigenvalue weighted by molar-refractivity contribution is 0.101. The van der Waals surface area contributed by atoms with Crippen molar-refractivity contribution in [2.45, 2.75) is 6.10 Å². The first-order valence-electron chi connectivity index (χ1n) is 9.90. The molecule has 2 aromatic heterocycles. The molecule has 0 radical (unpaired) electrons. The Kier molecular flexibility index (Phi) is 5.24. The Labute approximate surface area is 185 Å². The van der Waals surface area contributed by atoms with Crippen molar-refractivity contribution in [2.75, 3.05) is 36.1 Å². The largest absolute Gasteiger partial charge is 0.471 e. The van der Waals surface area contributed by atoms with E-state index in [2.05, 4.69) is 14.7 Å². The molecular weight excluding hydrogens is 442 g/mol. The number of hydrogen-bond acceptors (Lipinski definition) is 8. The van der Waals surface area contributed by atoms with Crippen molar-refractivity contribution in [3.63, 3.8) is 0 Å². The average Bonchev–Trinajstić information content (AvgIpc) is 3.54. The zero-order valence-electron chi connectivity index (χ0n) is 16.9. The molecule has 1 unspecified atom stereocenters. The molecule has 2 amide bonds. The first-order valence-corrected chi connectivity index (χ1v) is 9.90. The van der Waals surface area contributed by atoms with Crippen LogP contribution in [-0.2, 0) is 9.47 Å². The number of carbonyl (C=O) groups is 2. The summed E-state index contributed by atoms with van der Waals surface area (Å²) >= 11 is 0. The van der Waals surface area contributed by atoms with E-state index in [1.165, 1.54) is 35.6 Å². The van der Waals surface area contributed by atoms with Crippen molar-refractivity contribution in [3.05, 3.63) is 54.4 Å². The van der Waals surface area contributed by atoms with Crippen molar-refractivity contribution in [1.82, 2.24) is 10.1 Å². The summed E-state index contributed by atoms with van der Waals surface area (Å²) in [6, 6.07) is 6.53. The number of aromatic nitrogens is 2. The number of pyridine rings is 1. The van der Waals surface area contributed by atoms with Crippen LogP contribution in [0.15, 0.2) is 47.3 Å². The van der Waals surface area contributed by atoms with E-state index in [1.807, 2.05) is 0 Å². The highest BCUT2D eigenvalue weighted by Gasteiger charge is 2.34. The van der Waals surface area contributed by atoms with Gasteiger partial charge in [-0.3, -0.25) is 9.80 Å². The van der Waals surface area contributed by atoms with E-state index in [1.54, 1.807) is 0 Å². The summed E-state index contributed by atoms with van der Waals surface area (Å²) in [4.78, 5) is 30.4. The van der Waals surface area contributed by atoms with Crippen LogP contribution in [0.4, 0.5) is 29.9 Å². The quantitative estimate of drug-likeness (QED) is 0.553. The minimum Gasteiger partial charge on any atom is -0.471 e. The van der Waals surface area contributed by atoms with Crippen molar-refractivity contribution < 1.29 is 37.1 Å². The SMILES string of the molecule is O=C1OC(COc2ccon2)CN1c1cc(F)c(-c2ccc(N3CCOC3=O)nc2)c(F)c1. The van der Waals surface area contributed by atoms with Gasteiger partial charge in [0, 0.05) is 17.8 Å². The number of benzene rings is 1. The Morgan fingerprint density at radius 1 is 1.09 bits per heavy atom. The molecule has 33 heavy (non-hydrogen) atoms. The van der Waals surface area contributed by atoms with Gasteiger partial charge in [-0.15, -0.1) is 0 Å². The summed E-state index contributed by atoms with van der Waals surface area (Å²) in [6.45, 7) is 0.635. The van der Waals surface area contributed by atoms with E-state index < -0.39 is 29.9 Å². The Hall–Kier alpha value is -4.22. The fourth-order valence-corrected chi connectivity index (χ4v) is 3.56. The number of halogens is 2. The molecule has 1 atom stereocenters. The normalized spacial score (nSPS) is 17.9. The molecule has 0 aliphatic carbocycles. The molecule has 2 saturated heterocycles. The van der Waals surface area contributed by atoms with Gasteiger partial charge in [0.15, 0.2) is 6.10 Å². The van der Waals surface area contributed by atoms with Crippen molar-refractivity contribution in [3.8, 4) is 17.0 Å². The number of amides is 2. The van der Waals surface area contributed by atoms with E-state index in [0.29, 0.717) is 12.4 Å². The van der Waals surface area contributed by atoms with E-state index >= 15 is 0 Å². The molecule has 0 spiro atoms. The van der Waals surface area contributed by atoms with Gasteiger partial charge >= 0.3 is 12.2 Å². The molecule has 5 rings (SSSR count). The number of anilines is 2. The van der Waals surface area contributed by atoms with Gasteiger partial charge in [0.1, 0.15) is 36.9 Å². The maximum atomic E-state index is 14.9. The molecule has 10 nitrogen and oxygen atoms in total. The van der Waals surface area contributed by atoms with E-state index in [4.69, 9.17) is 14.2 Å². The van der Waals surface area contributed by atoms with Gasteiger partial charge in [0.25, 0.3) is 5.88 Å². The Morgan fingerprint density at radius 2 is 1.91 bits per heavy atom. The second-order valence-corrected chi connectivity index (χ2v) is 7.22. The Morgan fingerprint density at radius 3 is 2.55 bits per heavy atom. The summed E-state index contributed by atoms with van der Waals surface area (Å²) in [7, 11) is 0. The Bertz CT molecular complexity index is 1160. The molecule has 170 valence electrons. The van der Waals surface area contributed by atoms with Crippen LogP contribution in [-0.4, -0.2) is 54.7 Å². The highest BCUT2D eigenvalue weighted by molar-refractivity contribution is 5.90. The highest BCUT2D eigenvalue weighted by Crippen LogP contribution is 2.32. The lowest BCUT2D eigenvalue weighted by atomic mass is 10.1. The third-order valence-electron chi connectivity index (χ3n) is 5.12. The van der Waals surface area contributed by atoms with Gasteiger partial charge in [0.2, 0.25) is 0 Å². The molecule has 12 heteroatoms. The lowest BCUT2D eigenvalue weighted by Crippen LogP contribution is -2.27. The van der Waals surface area contributed by atoms with Crippen molar-refractivity contribution >= 4 is 23.7 Å². The monoisotopic (exact) mass is 458 g/mol. The first-order chi connectivity index (χ1) is 16.0. The minimum atomic E-state index is -0.879. The number of ether oxygens (including phenoxy) is 3. The van der Waals surface area contributed by atoms with Crippen LogP contribution in [0.25, 0.3) is 11.1 Å². The van der Waals surface area contributed by atoms with E-state index in [9.17, 15) is 18.4 Å². The molecule has 3 aromatic rings. The van der Waals surface area contributed by atoms with Crippen LogP contribution >= 0.6 is 0 Å². The van der Waals surface area contributed by atoms with Gasteiger partial charge in [0.05, 0.1) is 24.3 Å². The number of rotatable bonds is 6. The highest BCUT2D eigenvalue weighted by atomic mass is 19.1. The van der Waals surface area contributed by atoms with Gasteiger partial charge < -0.3 is 18.7 Å². The maximum Gasteiger partial charge on any atom is 0.415 e. The molecule has 0 N–H and O–H groups in total. The summed E-state index contributed by atoms with van der Waals surface area (Å²) in [5, 5.41) is 3.59. The zero-order chi connectivity index (χ0) is 22.9.